The van der Waals surface area contributed by atoms with Crippen LogP contribution in [0.2, 0.25) is 0 Å². The second kappa shape index (κ2) is 5.96. The first kappa shape index (κ1) is 14.7. The smallest absolute Gasteiger partial charge is 0.224 e. The molecule has 0 saturated carbocycles. The fourth-order valence-electron chi connectivity index (χ4n) is 3.11. The molecule has 24 heavy (non-hydrogen) atoms. The SMILES string of the molecule is O=C(Cc1c[nH]c2ncccc12)NC1CCOc2c(F)cccc21. The number of fused-ring (bicyclic) bond motifs is 2. The van der Waals surface area contributed by atoms with Crippen molar-refractivity contribution in [3.05, 3.63) is 59.7 Å². The molecule has 1 amide bonds. The Balaban J connectivity index is 1.52. The second-order valence-electron chi connectivity index (χ2n) is 5.81. The quantitative estimate of drug-likeness (QED) is 0.778. The molecule has 1 aliphatic heterocycles. The van der Waals surface area contributed by atoms with E-state index >= 15 is 0 Å². The summed E-state index contributed by atoms with van der Waals surface area (Å²) in [5.41, 5.74) is 2.34. The van der Waals surface area contributed by atoms with Crippen LogP contribution >= 0.6 is 0 Å². The van der Waals surface area contributed by atoms with Gasteiger partial charge in [-0.2, -0.15) is 0 Å². The van der Waals surface area contributed by atoms with Crippen LogP contribution in [0.15, 0.2) is 42.7 Å². The van der Waals surface area contributed by atoms with Crippen LogP contribution in [0.5, 0.6) is 5.75 Å². The minimum absolute atomic E-state index is 0.109. The lowest BCUT2D eigenvalue weighted by Gasteiger charge is -2.26. The highest BCUT2D eigenvalue weighted by Gasteiger charge is 2.25. The molecular weight excluding hydrogens is 309 g/mol. The Morgan fingerprint density at radius 2 is 2.29 bits per heavy atom. The van der Waals surface area contributed by atoms with Crippen molar-refractivity contribution in [2.24, 2.45) is 0 Å². The molecule has 5 nitrogen and oxygen atoms in total. The number of pyridine rings is 1. The number of ether oxygens (including phenoxy) is 1. The van der Waals surface area contributed by atoms with Crippen molar-refractivity contribution in [3.8, 4) is 5.75 Å². The van der Waals surface area contributed by atoms with Crippen LogP contribution in [0.3, 0.4) is 0 Å². The van der Waals surface area contributed by atoms with Crippen molar-refractivity contribution in [3.63, 3.8) is 0 Å². The van der Waals surface area contributed by atoms with E-state index < -0.39 is 5.82 Å². The van der Waals surface area contributed by atoms with E-state index in [9.17, 15) is 9.18 Å². The number of para-hydroxylation sites is 1. The zero-order chi connectivity index (χ0) is 16.5. The first-order valence-electron chi connectivity index (χ1n) is 7.84. The zero-order valence-corrected chi connectivity index (χ0v) is 12.9. The molecule has 3 aromatic rings. The first-order chi connectivity index (χ1) is 11.7. The van der Waals surface area contributed by atoms with E-state index in [1.54, 1.807) is 24.5 Å². The normalized spacial score (nSPS) is 16.5. The highest BCUT2D eigenvalue weighted by molar-refractivity contribution is 5.87. The van der Waals surface area contributed by atoms with Gasteiger partial charge in [-0.05, 0) is 23.8 Å². The fourth-order valence-corrected chi connectivity index (χ4v) is 3.11. The van der Waals surface area contributed by atoms with Gasteiger partial charge < -0.3 is 15.0 Å². The third-order valence-corrected chi connectivity index (χ3v) is 4.25. The number of aromatic nitrogens is 2. The lowest BCUT2D eigenvalue weighted by atomic mass is 10.00. The number of hydrogen-bond acceptors (Lipinski definition) is 3. The molecule has 1 aliphatic rings. The van der Waals surface area contributed by atoms with Crippen molar-refractivity contribution in [2.45, 2.75) is 18.9 Å². The highest BCUT2D eigenvalue weighted by atomic mass is 19.1. The molecule has 6 heteroatoms. The molecule has 1 atom stereocenters. The van der Waals surface area contributed by atoms with Crippen LogP contribution in [0.4, 0.5) is 4.39 Å². The number of benzene rings is 1. The number of amides is 1. The summed E-state index contributed by atoms with van der Waals surface area (Å²) in [6, 6.07) is 8.32. The lowest BCUT2D eigenvalue weighted by molar-refractivity contribution is -0.121. The zero-order valence-electron chi connectivity index (χ0n) is 12.9. The average Bonchev–Trinajstić information content (AvgIpc) is 2.99. The summed E-state index contributed by atoms with van der Waals surface area (Å²) in [5.74, 6) is -0.263. The maximum atomic E-state index is 13.8. The van der Waals surface area contributed by atoms with Gasteiger partial charge in [0, 0.05) is 29.8 Å². The first-order valence-corrected chi connectivity index (χ1v) is 7.84. The van der Waals surface area contributed by atoms with Gasteiger partial charge in [0.2, 0.25) is 5.91 Å². The molecule has 0 saturated heterocycles. The second-order valence-corrected chi connectivity index (χ2v) is 5.81. The van der Waals surface area contributed by atoms with Gasteiger partial charge in [0.1, 0.15) is 5.65 Å². The van der Waals surface area contributed by atoms with Crippen molar-refractivity contribution in [1.29, 1.82) is 0 Å². The molecule has 0 radical (unpaired) electrons. The Morgan fingerprint density at radius 3 is 3.21 bits per heavy atom. The Morgan fingerprint density at radius 1 is 1.38 bits per heavy atom. The Labute approximate surface area is 137 Å². The van der Waals surface area contributed by atoms with Gasteiger partial charge in [0.05, 0.1) is 19.1 Å². The number of nitrogens with one attached hydrogen (secondary N) is 2. The van der Waals surface area contributed by atoms with Crippen molar-refractivity contribution in [2.75, 3.05) is 6.61 Å². The molecule has 4 rings (SSSR count). The number of hydrogen-bond donors (Lipinski definition) is 2. The van der Waals surface area contributed by atoms with Gasteiger partial charge in [-0.1, -0.05) is 12.1 Å². The molecule has 3 heterocycles. The fraction of sp³-hybridized carbons (Fsp3) is 0.222. The standard InChI is InChI=1S/C18H16FN3O2/c19-14-5-1-3-13-15(6-8-24-17(13)14)22-16(23)9-11-10-21-18-12(11)4-2-7-20-18/h1-5,7,10,15H,6,8-9H2,(H,20,21)(H,22,23). The van der Waals surface area contributed by atoms with E-state index in [-0.39, 0.29) is 24.1 Å². The van der Waals surface area contributed by atoms with Crippen molar-refractivity contribution < 1.29 is 13.9 Å². The van der Waals surface area contributed by atoms with Crippen LogP contribution < -0.4 is 10.1 Å². The third-order valence-electron chi connectivity index (χ3n) is 4.25. The molecular formula is C18H16FN3O2. The summed E-state index contributed by atoms with van der Waals surface area (Å²) in [6.07, 6.45) is 4.37. The Bertz CT molecular complexity index is 906. The van der Waals surface area contributed by atoms with E-state index in [1.807, 2.05) is 12.1 Å². The highest BCUT2D eigenvalue weighted by Crippen LogP contribution is 2.34. The summed E-state index contributed by atoms with van der Waals surface area (Å²) in [7, 11) is 0. The van der Waals surface area contributed by atoms with Crippen LogP contribution in [0.1, 0.15) is 23.6 Å². The number of H-pyrrole nitrogens is 1. The topological polar surface area (TPSA) is 67.0 Å². The van der Waals surface area contributed by atoms with Gasteiger partial charge >= 0.3 is 0 Å². The van der Waals surface area contributed by atoms with Gasteiger partial charge in [-0.25, -0.2) is 9.37 Å². The van der Waals surface area contributed by atoms with Crippen LogP contribution in [0, 0.1) is 5.82 Å². The Hall–Kier alpha value is -2.89. The summed E-state index contributed by atoms with van der Waals surface area (Å²) in [5, 5.41) is 3.92. The van der Waals surface area contributed by atoms with Gasteiger partial charge in [0.15, 0.2) is 11.6 Å². The van der Waals surface area contributed by atoms with Gasteiger partial charge in [-0.3, -0.25) is 4.79 Å². The van der Waals surface area contributed by atoms with Crippen LogP contribution in [0.25, 0.3) is 11.0 Å². The molecule has 2 N–H and O–H groups in total. The molecule has 1 aromatic carbocycles. The summed E-state index contributed by atoms with van der Waals surface area (Å²) < 4.78 is 19.2. The van der Waals surface area contributed by atoms with Gasteiger partial charge in [-0.15, -0.1) is 0 Å². The summed E-state index contributed by atoms with van der Waals surface area (Å²) in [6.45, 7) is 0.385. The molecule has 2 aromatic heterocycles. The predicted octanol–water partition coefficient (Wildman–Crippen LogP) is 2.88. The summed E-state index contributed by atoms with van der Waals surface area (Å²) in [4.78, 5) is 19.7. The molecule has 0 aliphatic carbocycles. The predicted molar refractivity (Wildman–Crippen MR) is 87.2 cm³/mol. The molecule has 0 fully saturated rings. The average molecular weight is 325 g/mol. The van der Waals surface area contributed by atoms with Crippen LogP contribution in [-0.4, -0.2) is 22.5 Å². The van der Waals surface area contributed by atoms with E-state index in [2.05, 4.69) is 15.3 Å². The molecule has 1 unspecified atom stereocenters. The third kappa shape index (κ3) is 2.60. The number of aromatic amines is 1. The maximum Gasteiger partial charge on any atom is 0.224 e. The monoisotopic (exact) mass is 325 g/mol. The molecule has 0 bridgehead atoms. The van der Waals surface area contributed by atoms with Crippen LogP contribution in [-0.2, 0) is 11.2 Å². The van der Waals surface area contributed by atoms with Crippen molar-refractivity contribution in [1.82, 2.24) is 15.3 Å². The maximum absolute atomic E-state index is 13.8. The number of halogens is 1. The molecule has 0 spiro atoms. The number of nitrogens with zero attached hydrogens (tertiary/aromatic N) is 1. The van der Waals surface area contributed by atoms with E-state index in [1.165, 1.54) is 6.07 Å². The van der Waals surface area contributed by atoms with Gasteiger partial charge in [0.25, 0.3) is 0 Å². The van der Waals surface area contributed by atoms with E-state index in [0.29, 0.717) is 18.6 Å². The largest absolute Gasteiger partial charge is 0.490 e. The lowest BCUT2D eigenvalue weighted by Crippen LogP contribution is -2.33. The van der Waals surface area contributed by atoms with E-state index in [4.69, 9.17) is 4.74 Å². The minimum Gasteiger partial charge on any atom is -0.490 e. The number of carbonyl (C=O) groups excluding carboxylic acids is 1. The summed E-state index contributed by atoms with van der Waals surface area (Å²) >= 11 is 0. The molecule has 122 valence electrons. The Kier molecular flexibility index (Phi) is 3.65. The minimum atomic E-state index is -0.394. The van der Waals surface area contributed by atoms with E-state index in [0.717, 1.165) is 16.6 Å². The number of carbonyl (C=O) groups is 1. The number of rotatable bonds is 3. The van der Waals surface area contributed by atoms with Crippen molar-refractivity contribution >= 4 is 16.9 Å².